The van der Waals surface area contributed by atoms with Gasteiger partial charge in [-0.05, 0) is 304 Å². The number of hydrogen-bond donors (Lipinski definition) is 2. The van der Waals surface area contributed by atoms with Gasteiger partial charge in [0.15, 0.2) is 0 Å². The molecule has 0 saturated carbocycles. The zero-order valence-electron chi connectivity index (χ0n) is 72.1. The van der Waals surface area contributed by atoms with Crippen molar-refractivity contribution in [2.24, 2.45) is 0 Å². The van der Waals surface area contributed by atoms with Crippen LogP contribution >= 0.6 is 0 Å². The Balaban J connectivity index is 0.000000163. The first kappa shape index (κ1) is 74.7. The van der Waals surface area contributed by atoms with E-state index in [1.807, 2.05) is 0 Å². The molecule has 8 heterocycles. The summed E-state index contributed by atoms with van der Waals surface area (Å²) in [4.78, 5) is 30.8. The van der Waals surface area contributed by atoms with Crippen LogP contribution in [0.1, 0.15) is 255 Å². The fourth-order valence-electron chi connectivity index (χ4n) is 17.9. The summed E-state index contributed by atoms with van der Waals surface area (Å²) in [6.07, 6.45) is 1.68. The minimum atomic E-state index is -0.0638. The second kappa shape index (κ2) is 24.7. The molecule has 568 valence electrons. The fraction of sp³-hybridized carbons (Fsp3) is 0.358. The Kier molecular flexibility index (Phi) is 16.5. The number of H-pyrrole nitrogens is 2. The van der Waals surface area contributed by atoms with Crippen LogP contribution in [0.15, 0.2) is 146 Å². The van der Waals surface area contributed by atoms with Gasteiger partial charge in [-0.1, -0.05) is 190 Å². The summed E-state index contributed by atoms with van der Waals surface area (Å²) in [6.45, 7) is 64.7. The van der Waals surface area contributed by atoms with Crippen LogP contribution in [0.5, 0.6) is 0 Å². The molecule has 2 aliphatic heterocycles. The van der Waals surface area contributed by atoms with Crippen molar-refractivity contribution in [1.29, 1.82) is 0 Å². The van der Waals surface area contributed by atoms with Crippen molar-refractivity contribution in [2.75, 3.05) is 0 Å². The molecule has 16 bridgehead atoms. The van der Waals surface area contributed by atoms with Crippen molar-refractivity contribution in [1.82, 2.24) is 29.9 Å². The predicted octanol–water partition coefficient (Wildman–Crippen LogP) is 28.9. The number of aromatic amines is 2. The summed E-state index contributed by atoms with van der Waals surface area (Å²) in [5, 5.41) is 4.95. The Morgan fingerprint density at radius 2 is 0.330 bits per heavy atom. The molecule has 4 aliphatic rings. The quantitative estimate of drug-likeness (QED) is 0.158. The molecule has 112 heavy (non-hydrogen) atoms. The van der Waals surface area contributed by atoms with E-state index >= 15 is 0 Å². The Morgan fingerprint density at radius 1 is 0.188 bits per heavy atom. The van der Waals surface area contributed by atoms with Gasteiger partial charge in [0, 0.05) is 78.9 Å². The van der Waals surface area contributed by atoms with Crippen LogP contribution in [0.25, 0.3) is 156 Å². The summed E-state index contributed by atoms with van der Waals surface area (Å²) < 4.78 is 0. The Morgan fingerprint density at radius 3 is 0.500 bits per heavy atom. The molecule has 18 rings (SSSR count). The van der Waals surface area contributed by atoms with Crippen LogP contribution in [-0.2, 0) is 56.2 Å². The third-order valence-electron chi connectivity index (χ3n) is 24.9. The molecule has 2 aliphatic carbocycles. The molecular weight excluding hydrogens is 1360 g/mol. The molecule has 0 saturated heterocycles. The van der Waals surface area contributed by atoms with Crippen molar-refractivity contribution in [3.63, 3.8) is 0 Å². The smallest absolute Gasteiger partial charge is 0.0733 e. The van der Waals surface area contributed by atoms with Crippen molar-refractivity contribution in [2.45, 2.75) is 250 Å². The molecule has 0 amide bonds. The van der Waals surface area contributed by atoms with Gasteiger partial charge in [-0.25, -0.2) is 19.9 Å². The molecule has 0 radical (unpaired) electrons. The van der Waals surface area contributed by atoms with E-state index in [9.17, 15) is 0 Å². The van der Waals surface area contributed by atoms with Gasteiger partial charge in [-0.2, -0.15) is 0 Å². The van der Waals surface area contributed by atoms with Gasteiger partial charge >= 0.3 is 0 Å². The maximum Gasteiger partial charge on any atom is 0.0733 e. The Hall–Kier alpha value is -10.0. The van der Waals surface area contributed by atoms with E-state index in [1.54, 1.807) is 0 Å². The number of hydrogen-bond acceptors (Lipinski definition) is 4. The van der Waals surface area contributed by atoms with Crippen molar-refractivity contribution in [3.05, 3.63) is 235 Å². The third-order valence-corrected chi connectivity index (χ3v) is 24.9. The number of nitrogens with zero attached hydrogens (tertiary/aromatic N) is 4. The van der Waals surface area contributed by atoms with Crippen molar-refractivity contribution < 1.29 is 0 Å². The first-order valence-electron chi connectivity index (χ1n) is 41.1. The summed E-state index contributed by atoms with van der Waals surface area (Å²) in [7, 11) is 0. The average Bonchev–Trinajstić information content (AvgIpc) is 1.57. The minimum absolute atomic E-state index is 0.0460. The summed E-state index contributed by atoms with van der Waals surface area (Å²) >= 11 is 0. The lowest BCUT2D eigenvalue weighted by Crippen LogP contribution is -2.12. The van der Waals surface area contributed by atoms with Crippen LogP contribution in [0.4, 0.5) is 0 Å². The highest BCUT2D eigenvalue weighted by Gasteiger charge is 2.36. The Bertz CT molecular complexity index is 5640. The molecule has 2 N–H and O–H groups in total. The van der Waals surface area contributed by atoms with E-state index in [1.165, 1.54) is 155 Å². The largest absolute Gasteiger partial charge is 0.353 e. The number of aryl methyl sites for hydroxylation is 4. The van der Waals surface area contributed by atoms with Gasteiger partial charge in [0.2, 0.25) is 0 Å². The molecule has 0 spiro atoms. The number of fused-ring (bicyclic) bond motifs is 20. The minimum Gasteiger partial charge on any atom is -0.353 e. The van der Waals surface area contributed by atoms with Crippen LogP contribution in [0.3, 0.4) is 0 Å². The highest BCUT2D eigenvalue weighted by Crippen LogP contribution is 2.54. The normalized spacial score (nSPS) is 13.8. The molecule has 8 aromatic carbocycles. The zero-order valence-corrected chi connectivity index (χ0v) is 72.1. The highest BCUT2D eigenvalue weighted by atomic mass is 14.8. The highest BCUT2D eigenvalue weighted by molar-refractivity contribution is 6.17. The molecule has 6 aromatic heterocycles. The third kappa shape index (κ3) is 12.7. The monoisotopic (exact) mass is 1470 g/mol. The lowest BCUT2D eigenvalue weighted by Gasteiger charge is -2.24. The van der Waals surface area contributed by atoms with E-state index in [0.29, 0.717) is 0 Å². The maximum atomic E-state index is 5.68. The van der Waals surface area contributed by atoms with E-state index in [4.69, 9.17) is 19.9 Å². The lowest BCUT2D eigenvalue weighted by atomic mass is 9.81. The standard InChI is InChI=1S/2C53H57N3/c2*1-28-15-44-38-21-30(50(3,4)5)19-34-35-20-31(51(6,7)8)22-39(37(35)27-36(34)38)45-16-29(2)18-47(55-45)43-26-33(53(12,13)14)24-41-40-23-32(52(9,10)11)25-42(46(17-28)54-44)48(40)56-49(41)43/h2*15-26,56H,27H2,1-14H3. The summed E-state index contributed by atoms with van der Waals surface area (Å²) in [5.74, 6) is 0. The van der Waals surface area contributed by atoms with Gasteiger partial charge in [-0.3, -0.25) is 0 Å². The Labute approximate surface area is 666 Å². The number of aromatic nitrogens is 6. The van der Waals surface area contributed by atoms with Gasteiger partial charge < -0.3 is 9.97 Å². The number of nitrogens with one attached hydrogen (secondary N) is 2. The van der Waals surface area contributed by atoms with Crippen molar-refractivity contribution in [3.8, 4) is 112 Å². The van der Waals surface area contributed by atoms with Crippen LogP contribution in [0.2, 0.25) is 0 Å². The lowest BCUT2D eigenvalue weighted by molar-refractivity contribution is 0.589. The van der Waals surface area contributed by atoms with E-state index in [2.05, 4.69) is 349 Å². The van der Waals surface area contributed by atoms with Gasteiger partial charge in [0.25, 0.3) is 0 Å². The molecule has 0 unspecified atom stereocenters. The van der Waals surface area contributed by atoms with Crippen LogP contribution in [-0.4, -0.2) is 29.9 Å². The summed E-state index contributed by atoms with van der Waals surface area (Å²) in [5.41, 5.74) is 47.9. The van der Waals surface area contributed by atoms with Gasteiger partial charge in [-0.15, -0.1) is 0 Å². The fourth-order valence-corrected chi connectivity index (χ4v) is 17.9. The average molecular weight is 1470 g/mol. The molecule has 0 fully saturated rings. The van der Waals surface area contributed by atoms with E-state index in [-0.39, 0.29) is 43.3 Å². The van der Waals surface area contributed by atoms with Gasteiger partial charge in [0.1, 0.15) is 0 Å². The molecule has 0 atom stereocenters. The zero-order chi connectivity index (χ0) is 80.0. The number of benzene rings is 8. The van der Waals surface area contributed by atoms with E-state index in [0.717, 1.165) is 103 Å². The maximum absolute atomic E-state index is 5.68. The predicted molar refractivity (Wildman–Crippen MR) is 478 cm³/mol. The van der Waals surface area contributed by atoms with Crippen LogP contribution < -0.4 is 0 Å². The molecule has 6 nitrogen and oxygen atoms in total. The molecule has 6 heteroatoms. The van der Waals surface area contributed by atoms with Gasteiger partial charge in [0.05, 0.1) is 67.6 Å². The SMILES string of the molecule is Cc1cc2nc(c1)-c1cc(C(C)(C)C)cc3c1[nH]c1c(cc(C(C)(C)C)cc13)-c1cc(C)cc(n1)-c1cc(C(C)(C)C)cc3c1Cc1c-2cc(C(C)(C)C)cc1-3.Cc1cc2nc(c1)-c1cc(C(C)(C)C)cc3c1[nH]c1c(cc(C(C)(C)C)cc13)-c1cc(C)cc(n1)-c1cc(C(C)(C)C)cc3c1Cc1c-2cc(C(C)(C)C)cc1-3. The first-order chi connectivity index (χ1) is 52.1. The second-order valence-corrected chi connectivity index (χ2v) is 42.2. The van der Waals surface area contributed by atoms with E-state index < -0.39 is 0 Å². The second-order valence-electron chi connectivity index (χ2n) is 42.2. The molecule has 14 aromatic rings. The topological polar surface area (TPSA) is 83.1 Å². The first-order valence-corrected chi connectivity index (χ1v) is 41.1. The number of pyridine rings is 4. The summed E-state index contributed by atoms with van der Waals surface area (Å²) in [6, 6.07) is 57.3. The van der Waals surface area contributed by atoms with Crippen LogP contribution in [0, 0.1) is 27.7 Å². The number of rotatable bonds is 0. The van der Waals surface area contributed by atoms with Crippen molar-refractivity contribution >= 4 is 43.6 Å². The molecular formula is C106H114N6.